The van der Waals surface area contributed by atoms with Crippen LogP contribution < -0.4 is 0 Å². The first-order valence-electron chi connectivity index (χ1n) is 7.12. The van der Waals surface area contributed by atoms with E-state index in [1.807, 2.05) is 13.8 Å². The van der Waals surface area contributed by atoms with Crippen LogP contribution in [0.3, 0.4) is 0 Å². The van der Waals surface area contributed by atoms with Crippen LogP contribution in [-0.4, -0.2) is 58.4 Å². The summed E-state index contributed by atoms with van der Waals surface area (Å²) >= 11 is 0. The molecule has 2 amide bonds. The highest BCUT2D eigenvalue weighted by Gasteiger charge is 2.20. The summed E-state index contributed by atoms with van der Waals surface area (Å²) in [5.41, 5.74) is 0. The molecule has 0 spiro atoms. The SMILES string of the molecule is CCN(CC)C(=O)CCCC(=O)N(CC(=O)O)C(C)C. The minimum absolute atomic E-state index is 0.0390. The quantitative estimate of drug-likeness (QED) is 0.694. The van der Waals surface area contributed by atoms with Gasteiger partial charge in [0, 0.05) is 32.0 Å². The number of rotatable bonds is 9. The van der Waals surface area contributed by atoms with Gasteiger partial charge in [0.25, 0.3) is 0 Å². The summed E-state index contributed by atoms with van der Waals surface area (Å²) in [5.74, 6) is -1.20. The van der Waals surface area contributed by atoms with Gasteiger partial charge >= 0.3 is 5.97 Å². The predicted octanol–water partition coefficient (Wildman–Crippen LogP) is 1.35. The molecule has 0 heterocycles. The van der Waals surface area contributed by atoms with Gasteiger partial charge in [-0.1, -0.05) is 0 Å². The van der Waals surface area contributed by atoms with Gasteiger partial charge in [-0.25, -0.2) is 0 Å². The van der Waals surface area contributed by atoms with Gasteiger partial charge in [-0.05, 0) is 34.1 Å². The fourth-order valence-corrected chi connectivity index (χ4v) is 1.97. The highest BCUT2D eigenvalue weighted by molar-refractivity contribution is 5.82. The molecule has 0 aromatic heterocycles. The molecule has 0 aliphatic heterocycles. The van der Waals surface area contributed by atoms with Crippen LogP contribution in [0, 0.1) is 0 Å². The third-order valence-electron chi connectivity index (χ3n) is 3.15. The van der Waals surface area contributed by atoms with E-state index in [4.69, 9.17) is 5.11 Å². The van der Waals surface area contributed by atoms with E-state index in [-0.39, 0.29) is 30.8 Å². The lowest BCUT2D eigenvalue weighted by Gasteiger charge is -2.25. The molecule has 6 heteroatoms. The van der Waals surface area contributed by atoms with Crippen molar-refractivity contribution in [3.63, 3.8) is 0 Å². The van der Waals surface area contributed by atoms with Crippen LogP contribution in [0.2, 0.25) is 0 Å². The molecule has 0 radical (unpaired) electrons. The van der Waals surface area contributed by atoms with Gasteiger partial charge in [0.2, 0.25) is 11.8 Å². The average Bonchev–Trinajstić information content (AvgIpc) is 2.36. The van der Waals surface area contributed by atoms with E-state index < -0.39 is 5.97 Å². The summed E-state index contributed by atoms with van der Waals surface area (Å²) in [5, 5.41) is 8.78. The normalized spacial score (nSPS) is 10.4. The first-order valence-corrected chi connectivity index (χ1v) is 7.12. The predicted molar refractivity (Wildman–Crippen MR) is 76.3 cm³/mol. The highest BCUT2D eigenvalue weighted by Crippen LogP contribution is 2.07. The zero-order valence-corrected chi connectivity index (χ0v) is 12.9. The van der Waals surface area contributed by atoms with E-state index in [0.717, 1.165) is 0 Å². The van der Waals surface area contributed by atoms with E-state index in [9.17, 15) is 14.4 Å². The number of carbonyl (C=O) groups excluding carboxylic acids is 2. The Bertz CT molecular complexity index is 338. The van der Waals surface area contributed by atoms with Crippen LogP contribution in [0.1, 0.15) is 47.0 Å². The maximum absolute atomic E-state index is 11.9. The zero-order valence-electron chi connectivity index (χ0n) is 12.9. The van der Waals surface area contributed by atoms with Crippen molar-refractivity contribution < 1.29 is 19.5 Å². The number of carboxylic acids is 1. The van der Waals surface area contributed by atoms with Crippen LogP contribution in [-0.2, 0) is 14.4 Å². The number of carboxylic acid groups (broad SMARTS) is 1. The van der Waals surface area contributed by atoms with E-state index in [1.54, 1.807) is 18.7 Å². The number of amides is 2. The summed E-state index contributed by atoms with van der Waals surface area (Å²) < 4.78 is 0. The van der Waals surface area contributed by atoms with Crippen molar-refractivity contribution in [3.05, 3.63) is 0 Å². The Morgan fingerprint density at radius 1 is 1.00 bits per heavy atom. The lowest BCUT2D eigenvalue weighted by Crippen LogP contribution is -2.40. The Morgan fingerprint density at radius 3 is 1.90 bits per heavy atom. The molecule has 20 heavy (non-hydrogen) atoms. The van der Waals surface area contributed by atoms with Crippen molar-refractivity contribution in [1.29, 1.82) is 0 Å². The van der Waals surface area contributed by atoms with E-state index in [1.165, 1.54) is 4.90 Å². The fourth-order valence-electron chi connectivity index (χ4n) is 1.97. The summed E-state index contributed by atoms with van der Waals surface area (Å²) in [6.45, 7) is 8.44. The molecular formula is C14H26N2O4. The number of hydrogen-bond acceptors (Lipinski definition) is 3. The van der Waals surface area contributed by atoms with Crippen molar-refractivity contribution in [2.75, 3.05) is 19.6 Å². The Labute approximate surface area is 120 Å². The Kier molecular flexibility index (Phi) is 8.59. The zero-order chi connectivity index (χ0) is 15.7. The first kappa shape index (κ1) is 18.4. The monoisotopic (exact) mass is 286 g/mol. The van der Waals surface area contributed by atoms with Crippen LogP contribution >= 0.6 is 0 Å². The molecule has 1 N–H and O–H groups in total. The second kappa shape index (κ2) is 9.34. The number of hydrogen-bond donors (Lipinski definition) is 1. The van der Waals surface area contributed by atoms with Gasteiger partial charge in [0.15, 0.2) is 0 Å². The number of aliphatic carboxylic acids is 1. The van der Waals surface area contributed by atoms with Gasteiger partial charge in [-0.15, -0.1) is 0 Å². The standard InChI is InChI=1S/C14H26N2O4/c1-5-15(6-2)12(17)8-7-9-13(18)16(11(3)4)10-14(19)20/h11H,5-10H2,1-4H3,(H,19,20). The molecule has 0 unspecified atom stereocenters. The lowest BCUT2D eigenvalue weighted by molar-refractivity contribution is -0.146. The van der Waals surface area contributed by atoms with Crippen molar-refractivity contribution in [2.24, 2.45) is 0 Å². The average molecular weight is 286 g/mol. The summed E-state index contributed by atoms with van der Waals surface area (Å²) in [6, 6.07) is -0.155. The molecule has 0 aliphatic rings. The largest absolute Gasteiger partial charge is 0.480 e. The fraction of sp³-hybridized carbons (Fsp3) is 0.786. The Hall–Kier alpha value is -1.59. The molecule has 0 saturated carbocycles. The summed E-state index contributed by atoms with van der Waals surface area (Å²) in [6.07, 6.45) is 0.988. The summed E-state index contributed by atoms with van der Waals surface area (Å²) in [4.78, 5) is 37.5. The first-order chi connectivity index (χ1) is 9.33. The molecule has 0 saturated heterocycles. The molecule has 0 atom stereocenters. The van der Waals surface area contributed by atoms with Crippen molar-refractivity contribution in [3.8, 4) is 0 Å². The number of carbonyl (C=O) groups is 3. The molecule has 0 aromatic carbocycles. The van der Waals surface area contributed by atoms with E-state index >= 15 is 0 Å². The van der Waals surface area contributed by atoms with Gasteiger partial charge in [-0.2, -0.15) is 0 Å². The molecule has 0 fully saturated rings. The second-order valence-corrected chi connectivity index (χ2v) is 4.93. The minimum atomic E-state index is -1.02. The van der Waals surface area contributed by atoms with Crippen molar-refractivity contribution in [2.45, 2.75) is 53.0 Å². The topological polar surface area (TPSA) is 77.9 Å². The van der Waals surface area contributed by atoms with Crippen LogP contribution in [0.4, 0.5) is 0 Å². The number of nitrogens with zero attached hydrogens (tertiary/aromatic N) is 2. The molecule has 0 rings (SSSR count). The van der Waals surface area contributed by atoms with Crippen molar-refractivity contribution in [1.82, 2.24) is 9.80 Å². The minimum Gasteiger partial charge on any atom is -0.480 e. The maximum Gasteiger partial charge on any atom is 0.323 e. The Morgan fingerprint density at radius 2 is 1.50 bits per heavy atom. The van der Waals surface area contributed by atoms with Crippen LogP contribution in [0.15, 0.2) is 0 Å². The smallest absolute Gasteiger partial charge is 0.323 e. The van der Waals surface area contributed by atoms with E-state index in [0.29, 0.717) is 25.9 Å². The van der Waals surface area contributed by atoms with Crippen LogP contribution in [0.25, 0.3) is 0 Å². The molecular weight excluding hydrogens is 260 g/mol. The lowest BCUT2D eigenvalue weighted by atomic mass is 10.2. The Balaban J connectivity index is 4.26. The maximum atomic E-state index is 11.9. The highest BCUT2D eigenvalue weighted by atomic mass is 16.4. The molecule has 0 aromatic rings. The van der Waals surface area contributed by atoms with Crippen LogP contribution in [0.5, 0.6) is 0 Å². The second-order valence-electron chi connectivity index (χ2n) is 4.93. The molecule has 0 bridgehead atoms. The third-order valence-corrected chi connectivity index (χ3v) is 3.15. The third kappa shape index (κ3) is 6.54. The van der Waals surface area contributed by atoms with Gasteiger partial charge in [0.05, 0.1) is 0 Å². The van der Waals surface area contributed by atoms with E-state index in [2.05, 4.69) is 0 Å². The van der Waals surface area contributed by atoms with Gasteiger partial charge < -0.3 is 14.9 Å². The molecule has 116 valence electrons. The van der Waals surface area contributed by atoms with Crippen molar-refractivity contribution >= 4 is 17.8 Å². The van der Waals surface area contributed by atoms with Gasteiger partial charge in [-0.3, -0.25) is 14.4 Å². The van der Waals surface area contributed by atoms with Gasteiger partial charge in [0.1, 0.15) is 6.54 Å². The molecule has 0 aliphatic carbocycles. The summed E-state index contributed by atoms with van der Waals surface area (Å²) in [7, 11) is 0. The molecule has 6 nitrogen and oxygen atoms in total.